The first-order valence-electron chi connectivity index (χ1n) is 13.0. The molecule has 4 heterocycles. The smallest absolute Gasteiger partial charge is 0.247 e. The number of benzene rings is 1. The number of hydrogen-bond donors (Lipinski definition) is 3. The Morgan fingerprint density at radius 3 is 2.68 bits per heavy atom. The first-order valence-corrected chi connectivity index (χ1v) is 13.0. The summed E-state index contributed by atoms with van der Waals surface area (Å²) in [7, 11) is 1.55. The fourth-order valence-corrected chi connectivity index (χ4v) is 7.03. The maximum atomic E-state index is 14.1. The molecule has 11 heteroatoms. The molecule has 1 aromatic carbocycles. The molecule has 2 bridgehead atoms. The lowest BCUT2D eigenvalue weighted by molar-refractivity contribution is -0.151. The lowest BCUT2D eigenvalue weighted by Gasteiger charge is -2.37. The quantitative estimate of drug-likeness (QED) is 0.472. The van der Waals surface area contributed by atoms with Crippen LogP contribution in [0.15, 0.2) is 24.3 Å². The van der Waals surface area contributed by atoms with Crippen molar-refractivity contribution in [1.82, 2.24) is 30.5 Å². The van der Waals surface area contributed by atoms with Crippen molar-refractivity contribution in [3.05, 3.63) is 24.3 Å². The number of ether oxygens (including phenoxy) is 1. The van der Waals surface area contributed by atoms with Crippen LogP contribution in [-0.2, 0) is 25.8 Å². The second kappa shape index (κ2) is 9.05. The molecule has 0 radical (unpaired) electrons. The second-order valence-corrected chi connectivity index (χ2v) is 11.3. The fraction of sp³-hybridized carbons (Fsp3) is 0.654. The molecule has 200 valence electrons. The van der Waals surface area contributed by atoms with Crippen LogP contribution in [-0.4, -0.2) is 79.7 Å². The number of nitrogens with one attached hydrogen (secondary N) is 2. The van der Waals surface area contributed by atoms with Gasteiger partial charge in [0.05, 0.1) is 35.6 Å². The monoisotopic (exact) mass is 512 g/mol. The number of hydrogen-bond acceptors (Lipinski definition) is 7. The Kier molecular flexibility index (Phi) is 6.26. The molecule has 3 aliphatic rings. The number of nitrogens with zero attached hydrogens (tertiary/aromatic N) is 4. The summed E-state index contributed by atoms with van der Waals surface area (Å²) >= 11 is 0. The molecule has 11 nitrogen and oxygen atoms in total. The van der Waals surface area contributed by atoms with Crippen molar-refractivity contribution in [2.75, 3.05) is 13.7 Å². The van der Waals surface area contributed by atoms with Crippen LogP contribution in [0.25, 0.3) is 11.0 Å². The van der Waals surface area contributed by atoms with Crippen LogP contribution >= 0.6 is 0 Å². The van der Waals surface area contributed by atoms with Crippen LogP contribution in [0.2, 0.25) is 0 Å². The van der Waals surface area contributed by atoms with Gasteiger partial charge in [-0.25, -0.2) is 4.68 Å². The number of amides is 3. The zero-order chi connectivity index (χ0) is 26.7. The molecule has 3 unspecified atom stereocenters. The van der Waals surface area contributed by atoms with Crippen molar-refractivity contribution in [2.45, 2.75) is 70.5 Å². The van der Waals surface area contributed by atoms with E-state index < -0.39 is 41.0 Å². The minimum Gasteiger partial charge on any atom is -0.394 e. The van der Waals surface area contributed by atoms with Gasteiger partial charge in [-0.1, -0.05) is 38.1 Å². The number of aliphatic hydroxyl groups is 1. The molecule has 3 N–H and O–H groups in total. The largest absolute Gasteiger partial charge is 0.394 e. The minimum atomic E-state index is -1.17. The molecule has 1 spiro atoms. The van der Waals surface area contributed by atoms with Gasteiger partial charge in [0.2, 0.25) is 17.7 Å². The van der Waals surface area contributed by atoms with Crippen molar-refractivity contribution < 1.29 is 24.2 Å². The van der Waals surface area contributed by atoms with E-state index in [1.54, 1.807) is 11.7 Å². The van der Waals surface area contributed by atoms with Crippen LogP contribution in [0, 0.1) is 23.7 Å². The maximum Gasteiger partial charge on any atom is 0.247 e. The van der Waals surface area contributed by atoms with E-state index >= 15 is 0 Å². The van der Waals surface area contributed by atoms with E-state index in [4.69, 9.17) is 4.74 Å². The number of fused-ring (bicyclic) bond motifs is 2. The predicted molar refractivity (Wildman–Crippen MR) is 134 cm³/mol. The van der Waals surface area contributed by atoms with Crippen LogP contribution in [0.5, 0.6) is 0 Å². The third kappa shape index (κ3) is 3.65. The molecular weight excluding hydrogens is 476 g/mol. The van der Waals surface area contributed by atoms with E-state index in [1.807, 2.05) is 52.0 Å². The average molecular weight is 513 g/mol. The molecule has 0 saturated carbocycles. The number of para-hydroxylation sites is 1. The van der Waals surface area contributed by atoms with Gasteiger partial charge in [-0.3, -0.25) is 14.4 Å². The van der Waals surface area contributed by atoms with E-state index in [0.717, 1.165) is 5.52 Å². The molecule has 2 aromatic rings. The van der Waals surface area contributed by atoms with Gasteiger partial charge in [-0.05, 0) is 43.7 Å². The van der Waals surface area contributed by atoms with Gasteiger partial charge in [0.15, 0.2) is 0 Å². The van der Waals surface area contributed by atoms with Gasteiger partial charge in [0.25, 0.3) is 0 Å². The Bertz CT molecular complexity index is 1230. The normalized spacial score (nSPS) is 33.3. The Labute approximate surface area is 215 Å². The van der Waals surface area contributed by atoms with Gasteiger partial charge < -0.3 is 25.4 Å². The Hall–Kier alpha value is -3.05. The van der Waals surface area contributed by atoms with Crippen molar-refractivity contribution in [3.63, 3.8) is 0 Å². The van der Waals surface area contributed by atoms with Crippen LogP contribution in [0.1, 0.15) is 40.5 Å². The Morgan fingerprint density at radius 2 is 2.00 bits per heavy atom. The molecule has 3 aliphatic heterocycles. The van der Waals surface area contributed by atoms with Crippen molar-refractivity contribution >= 4 is 28.8 Å². The van der Waals surface area contributed by atoms with E-state index in [1.165, 1.54) is 4.90 Å². The number of aliphatic hydroxyl groups excluding tert-OH is 1. The van der Waals surface area contributed by atoms with Gasteiger partial charge in [0.1, 0.15) is 23.8 Å². The summed E-state index contributed by atoms with van der Waals surface area (Å²) in [5.41, 5.74) is -0.565. The summed E-state index contributed by atoms with van der Waals surface area (Å²) in [5.74, 6) is -2.39. The highest BCUT2D eigenvalue weighted by Gasteiger charge is 2.80. The summed E-state index contributed by atoms with van der Waals surface area (Å²) < 4.78 is 8.25. The highest BCUT2D eigenvalue weighted by atomic mass is 16.5. The highest BCUT2D eigenvalue weighted by molar-refractivity contribution is 5.99. The SMILES string of the molecule is CNC(=O)[C@@H]1[C@H]2C(=O)N([C@@H](CO)CC(C)C)C(C(=O)NCn3nnc4ccccc43)C23CC(C)[C@@]1(C)O3. The summed E-state index contributed by atoms with van der Waals surface area (Å²) in [4.78, 5) is 42.7. The maximum absolute atomic E-state index is 14.1. The van der Waals surface area contributed by atoms with Crippen molar-refractivity contribution in [2.24, 2.45) is 23.7 Å². The molecule has 0 aliphatic carbocycles. The van der Waals surface area contributed by atoms with Gasteiger partial charge in [0, 0.05) is 7.05 Å². The van der Waals surface area contributed by atoms with E-state index in [2.05, 4.69) is 20.9 Å². The Balaban J connectivity index is 1.53. The lowest BCUT2D eigenvalue weighted by atomic mass is 9.62. The summed E-state index contributed by atoms with van der Waals surface area (Å²) in [6, 6.07) is 5.87. The predicted octanol–water partition coefficient (Wildman–Crippen LogP) is 0.669. The summed E-state index contributed by atoms with van der Waals surface area (Å²) in [6.07, 6.45) is 0.980. The molecule has 1 aromatic heterocycles. The van der Waals surface area contributed by atoms with Crippen LogP contribution < -0.4 is 10.6 Å². The highest BCUT2D eigenvalue weighted by Crippen LogP contribution is 2.65. The molecule has 7 atom stereocenters. The number of likely N-dealkylation sites (tertiary alicyclic amines) is 1. The molecule has 3 saturated heterocycles. The third-order valence-corrected chi connectivity index (χ3v) is 8.70. The average Bonchev–Trinajstić information content (AvgIpc) is 3.54. The standard InChI is InChI=1S/C26H36N6O5/c1-14(2)10-16(12-33)32-21(23(35)28-13-31-18-9-7-6-8-17(18)29-30-31)26-11-15(3)25(4,37-26)19(22(34)27-5)20(26)24(32)36/h6-9,14-16,19-21,33H,10-13H2,1-5H3,(H,27,34)(H,28,35)/t15?,16-,19+,20+,21?,25-,26?/m1/s1. The molecule has 3 amide bonds. The third-order valence-electron chi connectivity index (χ3n) is 8.70. The number of carbonyl (C=O) groups is 3. The topological polar surface area (TPSA) is 139 Å². The van der Waals surface area contributed by atoms with Crippen LogP contribution in [0.4, 0.5) is 0 Å². The zero-order valence-corrected chi connectivity index (χ0v) is 22.0. The summed E-state index contributed by atoms with van der Waals surface area (Å²) in [6.45, 7) is 7.65. The minimum absolute atomic E-state index is 0.0500. The van der Waals surface area contributed by atoms with Gasteiger partial charge >= 0.3 is 0 Å². The van der Waals surface area contributed by atoms with E-state index in [9.17, 15) is 19.5 Å². The van der Waals surface area contributed by atoms with E-state index in [-0.39, 0.29) is 36.9 Å². The molecular formula is C26H36N6O5. The molecule has 37 heavy (non-hydrogen) atoms. The first-order chi connectivity index (χ1) is 17.6. The van der Waals surface area contributed by atoms with Gasteiger partial charge in [-0.15, -0.1) is 5.10 Å². The van der Waals surface area contributed by atoms with E-state index in [0.29, 0.717) is 18.4 Å². The zero-order valence-electron chi connectivity index (χ0n) is 22.0. The Morgan fingerprint density at radius 1 is 1.27 bits per heavy atom. The molecule has 3 fully saturated rings. The molecule has 5 rings (SSSR count). The number of rotatable bonds is 8. The lowest BCUT2D eigenvalue weighted by Crippen LogP contribution is -2.58. The summed E-state index contributed by atoms with van der Waals surface area (Å²) in [5, 5.41) is 24.3. The van der Waals surface area contributed by atoms with Crippen molar-refractivity contribution in [3.8, 4) is 0 Å². The fourth-order valence-electron chi connectivity index (χ4n) is 7.03. The number of carbonyl (C=O) groups excluding carboxylic acids is 3. The van der Waals surface area contributed by atoms with Gasteiger partial charge in [-0.2, -0.15) is 0 Å². The van der Waals surface area contributed by atoms with Crippen LogP contribution in [0.3, 0.4) is 0 Å². The van der Waals surface area contributed by atoms with Crippen molar-refractivity contribution in [1.29, 1.82) is 0 Å². The first kappa shape index (κ1) is 25.6. The number of aromatic nitrogens is 3. The second-order valence-electron chi connectivity index (χ2n) is 11.3.